The largest absolute Gasteiger partial charge is 0.380 e. The Kier molecular flexibility index (Phi) is 2.44. The van der Waals surface area contributed by atoms with E-state index in [-0.39, 0.29) is 5.82 Å². The summed E-state index contributed by atoms with van der Waals surface area (Å²) >= 11 is 0. The number of rotatable bonds is 2. The van der Waals surface area contributed by atoms with E-state index in [1.54, 1.807) is 6.07 Å². The van der Waals surface area contributed by atoms with E-state index in [1.165, 1.54) is 0 Å². The Labute approximate surface area is 84.3 Å². The van der Waals surface area contributed by atoms with E-state index in [4.69, 9.17) is 0 Å². The van der Waals surface area contributed by atoms with Crippen molar-refractivity contribution in [2.45, 2.75) is 32.7 Å². The van der Waals surface area contributed by atoms with Crippen molar-refractivity contribution in [2.75, 3.05) is 5.32 Å². The van der Waals surface area contributed by atoms with Crippen molar-refractivity contribution in [2.24, 2.45) is 5.92 Å². The molecule has 1 N–H and O–H groups in total. The molecule has 2 rings (SSSR count). The molecule has 0 atom stereocenters. The minimum Gasteiger partial charge on any atom is -0.380 e. The van der Waals surface area contributed by atoms with Crippen LogP contribution in [0.25, 0.3) is 0 Å². The topological polar surface area (TPSA) is 12.0 Å². The predicted octanol–water partition coefficient (Wildman–Crippen LogP) is 3.34. The molecule has 1 nitrogen and oxygen atoms in total. The summed E-state index contributed by atoms with van der Waals surface area (Å²) in [4.78, 5) is 0. The van der Waals surface area contributed by atoms with Crippen molar-refractivity contribution in [3.8, 4) is 0 Å². The van der Waals surface area contributed by atoms with Gasteiger partial charge in [0.25, 0.3) is 0 Å². The molecule has 1 aliphatic carbocycles. The zero-order valence-corrected chi connectivity index (χ0v) is 8.68. The van der Waals surface area contributed by atoms with Gasteiger partial charge in [-0.25, -0.2) is 4.39 Å². The third-order valence-corrected chi connectivity index (χ3v) is 2.86. The van der Waals surface area contributed by atoms with Crippen molar-refractivity contribution >= 4 is 5.69 Å². The first-order valence-electron chi connectivity index (χ1n) is 5.18. The molecule has 1 aliphatic rings. The maximum Gasteiger partial charge on any atom is 0.146 e. The summed E-state index contributed by atoms with van der Waals surface area (Å²) in [6, 6.07) is 5.81. The first kappa shape index (κ1) is 9.50. The first-order chi connectivity index (χ1) is 6.65. The highest BCUT2D eigenvalue weighted by Gasteiger charge is 2.25. The van der Waals surface area contributed by atoms with Gasteiger partial charge in [0.05, 0.1) is 5.69 Å². The van der Waals surface area contributed by atoms with Gasteiger partial charge >= 0.3 is 0 Å². The van der Waals surface area contributed by atoms with Crippen LogP contribution in [0.3, 0.4) is 0 Å². The molecule has 1 aromatic carbocycles. The number of aryl methyl sites for hydroxylation is 1. The first-order valence-corrected chi connectivity index (χ1v) is 5.18. The number of nitrogens with one attached hydrogen (secondary N) is 1. The maximum absolute atomic E-state index is 13.4. The quantitative estimate of drug-likeness (QED) is 0.759. The Morgan fingerprint density at radius 2 is 2.07 bits per heavy atom. The summed E-state index contributed by atoms with van der Waals surface area (Å²) in [7, 11) is 0. The molecule has 1 fully saturated rings. The van der Waals surface area contributed by atoms with Crippen LogP contribution in [0.5, 0.6) is 0 Å². The smallest absolute Gasteiger partial charge is 0.146 e. The van der Waals surface area contributed by atoms with Crippen LogP contribution >= 0.6 is 0 Å². The lowest BCUT2D eigenvalue weighted by atomic mass is 9.82. The molecule has 76 valence electrons. The Hall–Kier alpha value is -1.05. The van der Waals surface area contributed by atoms with Crippen LogP contribution < -0.4 is 5.32 Å². The minimum absolute atomic E-state index is 0.135. The molecule has 0 saturated heterocycles. The molecule has 1 aromatic rings. The summed E-state index contributed by atoms with van der Waals surface area (Å²) in [6.45, 7) is 4.13. The van der Waals surface area contributed by atoms with Crippen molar-refractivity contribution in [3.63, 3.8) is 0 Å². The van der Waals surface area contributed by atoms with Crippen molar-refractivity contribution in [3.05, 3.63) is 29.6 Å². The van der Waals surface area contributed by atoms with Gasteiger partial charge in [0, 0.05) is 6.04 Å². The Balaban J connectivity index is 2.02. The second-order valence-electron chi connectivity index (χ2n) is 4.40. The van der Waals surface area contributed by atoms with Gasteiger partial charge in [0.15, 0.2) is 0 Å². The average molecular weight is 193 g/mol. The van der Waals surface area contributed by atoms with Gasteiger partial charge in [-0.05, 0) is 43.4 Å². The van der Waals surface area contributed by atoms with Crippen LogP contribution in [0, 0.1) is 18.7 Å². The summed E-state index contributed by atoms with van der Waals surface area (Å²) in [6.07, 6.45) is 2.32. The Bertz CT molecular complexity index is 329. The highest BCUT2D eigenvalue weighted by atomic mass is 19.1. The molecule has 0 heterocycles. The molecule has 0 unspecified atom stereocenters. The molecule has 14 heavy (non-hydrogen) atoms. The maximum atomic E-state index is 13.4. The average Bonchev–Trinajstić information content (AvgIpc) is 2.06. The lowest BCUT2D eigenvalue weighted by molar-refractivity contribution is 0.308. The Morgan fingerprint density at radius 1 is 1.36 bits per heavy atom. The van der Waals surface area contributed by atoms with Crippen LogP contribution in [0.4, 0.5) is 10.1 Å². The van der Waals surface area contributed by atoms with Gasteiger partial charge in [-0.3, -0.25) is 0 Å². The number of hydrogen-bond acceptors (Lipinski definition) is 1. The standard InChI is InChI=1S/C12H16FN/c1-8-3-4-12(11(13)7-8)14-10-5-9(2)6-10/h3-4,7,9-10,14H,5-6H2,1-2H3. The van der Waals surface area contributed by atoms with Gasteiger partial charge < -0.3 is 5.32 Å². The predicted molar refractivity (Wildman–Crippen MR) is 56.9 cm³/mol. The lowest BCUT2D eigenvalue weighted by Crippen LogP contribution is -2.34. The fraction of sp³-hybridized carbons (Fsp3) is 0.500. The van der Waals surface area contributed by atoms with Crippen LogP contribution in [0.2, 0.25) is 0 Å². The molecule has 0 spiro atoms. The van der Waals surface area contributed by atoms with Crippen molar-refractivity contribution in [1.82, 2.24) is 0 Å². The van der Waals surface area contributed by atoms with E-state index in [0.29, 0.717) is 11.7 Å². The van der Waals surface area contributed by atoms with E-state index in [0.717, 1.165) is 24.3 Å². The van der Waals surface area contributed by atoms with E-state index >= 15 is 0 Å². The zero-order valence-electron chi connectivity index (χ0n) is 8.68. The van der Waals surface area contributed by atoms with Crippen molar-refractivity contribution < 1.29 is 4.39 Å². The Morgan fingerprint density at radius 3 is 2.64 bits per heavy atom. The second-order valence-corrected chi connectivity index (χ2v) is 4.40. The van der Waals surface area contributed by atoms with Crippen LogP contribution in [0.15, 0.2) is 18.2 Å². The van der Waals surface area contributed by atoms with Crippen LogP contribution in [-0.2, 0) is 0 Å². The fourth-order valence-electron chi connectivity index (χ4n) is 1.98. The monoisotopic (exact) mass is 193 g/mol. The van der Waals surface area contributed by atoms with Crippen molar-refractivity contribution in [1.29, 1.82) is 0 Å². The number of hydrogen-bond donors (Lipinski definition) is 1. The third-order valence-electron chi connectivity index (χ3n) is 2.86. The summed E-state index contributed by atoms with van der Waals surface area (Å²) in [5.74, 6) is 0.658. The van der Waals surface area contributed by atoms with Crippen LogP contribution in [0.1, 0.15) is 25.3 Å². The third kappa shape index (κ3) is 1.89. The highest BCUT2D eigenvalue weighted by molar-refractivity contribution is 5.47. The molecule has 0 aliphatic heterocycles. The molecule has 0 bridgehead atoms. The minimum atomic E-state index is -0.135. The number of benzene rings is 1. The lowest BCUT2D eigenvalue weighted by Gasteiger charge is -2.34. The molecule has 2 heteroatoms. The number of anilines is 1. The molecule has 1 saturated carbocycles. The summed E-state index contributed by atoms with van der Waals surface area (Å²) < 4.78 is 13.4. The fourth-order valence-corrected chi connectivity index (χ4v) is 1.98. The summed E-state index contributed by atoms with van der Waals surface area (Å²) in [5, 5.41) is 3.23. The molecule has 0 aromatic heterocycles. The van der Waals surface area contributed by atoms with Gasteiger partial charge in [-0.15, -0.1) is 0 Å². The molecule has 0 radical (unpaired) electrons. The molecular formula is C12H16FN. The molecular weight excluding hydrogens is 177 g/mol. The van der Waals surface area contributed by atoms with E-state index in [1.807, 2.05) is 19.1 Å². The zero-order chi connectivity index (χ0) is 10.1. The van der Waals surface area contributed by atoms with E-state index in [2.05, 4.69) is 12.2 Å². The second kappa shape index (κ2) is 3.60. The molecule has 0 amide bonds. The van der Waals surface area contributed by atoms with Gasteiger partial charge in [0.1, 0.15) is 5.82 Å². The van der Waals surface area contributed by atoms with E-state index in [9.17, 15) is 4.39 Å². The SMILES string of the molecule is Cc1ccc(NC2CC(C)C2)c(F)c1. The van der Waals surface area contributed by atoms with Gasteiger partial charge in [-0.1, -0.05) is 13.0 Å². The highest BCUT2D eigenvalue weighted by Crippen LogP contribution is 2.30. The van der Waals surface area contributed by atoms with Gasteiger partial charge in [-0.2, -0.15) is 0 Å². The van der Waals surface area contributed by atoms with Gasteiger partial charge in [0.2, 0.25) is 0 Å². The normalized spacial score (nSPS) is 25.6. The van der Waals surface area contributed by atoms with E-state index < -0.39 is 0 Å². The summed E-state index contributed by atoms with van der Waals surface area (Å²) in [5.41, 5.74) is 1.61. The van der Waals surface area contributed by atoms with Crippen LogP contribution in [-0.4, -0.2) is 6.04 Å². The number of halogens is 1.